The van der Waals surface area contributed by atoms with Crippen LogP contribution in [0.1, 0.15) is 20.3 Å². The van der Waals surface area contributed by atoms with Gasteiger partial charge in [-0.2, -0.15) is 0 Å². The lowest BCUT2D eigenvalue weighted by molar-refractivity contribution is -0.149. The lowest BCUT2D eigenvalue weighted by Crippen LogP contribution is -2.53. The van der Waals surface area contributed by atoms with Crippen LogP contribution in [-0.4, -0.2) is 64.9 Å². The average molecular weight is 288 g/mol. The molecule has 0 unspecified atom stereocenters. The van der Waals surface area contributed by atoms with Crippen LogP contribution in [0, 0.1) is 5.92 Å². The molecule has 0 saturated carbocycles. The van der Waals surface area contributed by atoms with Crippen molar-refractivity contribution in [1.82, 2.24) is 10.2 Å². The standard InChI is InChI=1S/C12H20N2O6/c1-6(2)9(13-12(19)20-3)10(16)14-5-7(15)4-8(14)11(17)18/h6-9,15H,4-5H2,1-3H3,(H,13,19)(H,17,18)/t7-,8+,9+/m1/s1. The number of carbonyl (C=O) groups is 3. The van der Waals surface area contributed by atoms with Gasteiger partial charge in [0.1, 0.15) is 12.1 Å². The minimum Gasteiger partial charge on any atom is -0.480 e. The molecule has 1 heterocycles. The summed E-state index contributed by atoms with van der Waals surface area (Å²) in [5.74, 6) is -1.95. The number of amides is 2. The van der Waals surface area contributed by atoms with E-state index >= 15 is 0 Å². The van der Waals surface area contributed by atoms with Crippen molar-refractivity contribution in [2.24, 2.45) is 5.92 Å². The van der Waals surface area contributed by atoms with Gasteiger partial charge in [0.05, 0.1) is 13.2 Å². The number of carboxylic acid groups (broad SMARTS) is 1. The van der Waals surface area contributed by atoms with Crippen molar-refractivity contribution in [3.63, 3.8) is 0 Å². The lowest BCUT2D eigenvalue weighted by atomic mass is 10.0. The molecule has 0 aromatic rings. The third kappa shape index (κ3) is 3.60. The quantitative estimate of drug-likeness (QED) is 0.637. The van der Waals surface area contributed by atoms with E-state index in [1.807, 2.05) is 0 Å². The van der Waals surface area contributed by atoms with E-state index in [4.69, 9.17) is 5.11 Å². The lowest BCUT2D eigenvalue weighted by Gasteiger charge is -2.28. The molecular weight excluding hydrogens is 268 g/mol. The number of aliphatic hydroxyl groups excluding tert-OH is 1. The highest BCUT2D eigenvalue weighted by Gasteiger charge is 2.42. The van der Waals surface area contributed by atoms with Gasteiger partial charge < -0.3 is 25.2 Å². The fraction of sp³-hybridized carbons (Fsp3) is 0.750. The van der Waals surface area contributed by atoms with E-state index in [1.165, 1.54) is 7.11 Å². The number of nitrogens with zero attached hydrogens (tertiary/aromatic N) is 1. The highest BCUT2D eigenvalue weighted by molar-refractivity contribution is 5.90. The molecule has 1 aliphatic rings. The Hall–Kier alpha value is -1.83. The van der Waals surface area contributed by atoms with Crippen LogP contribution >= 0.6 is 0 Å². The Morgan fingerprint density at radius 3 is 2.40 bits per heavy atom. The SMILES string of the molecule is COC(=O)N[C@H](C(=O)N1C[C@H](O)C[C@H]1C(=O)O)C(C)C. The van der Waals surface area contributed by atoms with Crippen molar-refractivity contribution in [2.75, 3.05) is 13.7 Å². The zero-order valence-corrected chi connectivity index (χ0v) is 11.7. The third-order valence-electron chi connectivity index (χ3n) is 3.24. The first-order chi connectivity index (χ1) is 9.27. The number of aliphatic hydroxyl groups is 1. The molecule has 0 bridgehead atoms. The average Bonchev–Trinajstić information content (AvgIpc) is 2.76. The van der Waals surface area contributed by atoms with E-state index in [2.05, 4.69) is 10.1 Å². The van der Waals surface area contributed by atoms with Crippen LogP contribution in [0.15, 0.2) is 0 Å². The van der Waals surface area contributed by atoms with Crippen LogP contribution in [0.2, 0.25) is 0 Å². The third-order valence-corrected chi connectivity index (χ3v) is 3.24. The summed E-state index contributed by atoms with van der Waals surface area (Å²) in [7, 11) is 1.18. The number of rotatable bonds is 4. The van der Waals surface area contributed by atoms with Crippen LogP contribution in [0.5, 0.6) is 0 Å². The first-order valence-electron chi connectivity index (χ1n) is 6.33. The number of alkyl carbamates (subject to hydrolysis) is 1. The van der Waals surface area contributed by atoms with E-state index in [0.717, 1.165) is 4.90 Å². The normalized spacial score (nSPS) is 23.6. The number of hydrogen-bond acceptors (Lipinski definition) is 5. The van der Waals surface area contributed by atoms with Crippen LogP contribution in [0.25, 0.3) is 0 Å². The fourth-order valence-corrected chi connectivity index (χ4v) is 2.17. The second-order valence-corrected chi connectivity index (χ2v) is 5.09. The van der Waals surface area contributed by atoms with Crippen LogP contribution < -0.4 is 5.32 Å². The van der Waals surface area contributed by atoms with Crippen LogP contribution in [-0.2, 0) is 14.3 Å². The van der Waals surface area contributed by atoms with Crippen LogP contribution in [0.3, 0.4) is 0 Å². The van der Waals surface area contributed by atoms with Gasteiger partial charge in [-0.25, -0.2) is 9.59 Å². The van der Waals surface area contributed by atoms with Gasteiger partial charge in [0.25, 0.3) is 0 Å². The minimum atomic E-state index is -1.17. The van der Waals surface area contributed by atoms with E-state index in [1.54, 1.807) is 13.8 Å². The minimum absolute atomic E-state index is 0.00981. The Morgan fingerprint density at radius 1 is 1.35 bits per heavy atom. The molecule has 0 aliphatic carbocycles. The zero-order valence-electron chi connectivity index (χ0n) is 11.7. The number of ether oxygens (including phenoxy) is 1. The number of carbonyl (C=O) groups excluding carboxylic acids is 2. The van der Waals surface area contributed by atoms with Gasteiger partial charge in [0.15, 0.2) is 0 Å². The maximum absolute atomic E-state index is 12.4. The summed E-state index contributed by atoms with van der Waals surface area (Å²) in [4.78, 5) is 35.8. The van der Waals surface area contributed by atoms with Gasteiger partial charge in [0.2, 0.25) is 5.91 Å². The summed E-state index contributed by atoms with van der Waals surface area (Å²) in [6.07, 6.45) is -1.64. The van der Waals surface area contributed by atoms with Gasteiger partial charge in [-0.1, -0.05) is 13.8 Å². The summed E-state index contributed by atoms with van der Waals surface area (Å²) >= 11 is 0. The Labute approximate surface area is 116 Å². The number of methoxy groups -OCH3 is 1. The molecule has 0 aromatic heterocycles. The van der Waals surface area contributed by atoms with Crippen molar-refractivity contribution < 1.29 is 29.3 Å². The first-order valence-corrected chi connectivity index (χ1v) is 6.33. The molecule has 3 N–H and O–H groups in total. The molecule has 1 saturated heterocycles. The molecule has 20 heavy (non-hydrogen) atoms. The van der Waals surface area contributed by atoms with Gasteiger partial charge >= 0.3 is 12.1 Å². The molecule has 8 heteroatoms. The Balaban J connectivity index is 2.88. The molecule has 0 radical (unpaired) electrons. The maximum Gasteiger partial charge on any atom is 0.407 e. The van der Waals surface area contributed by atoms with Crippen molar-refractivity contribution in [2.45, 2.75) is 38.5 Å². The predicted molar refractivity (Wildman–Crippen MR) is 67.9 cm³/mol. The van der Waals surface area contributed by atoms with E-state index in [9.17, 15) is 19.5 Å². The molecule has 0 spiro atoms. The number of carboxylic acids is 1. The Bertz CT molecular complexity index is 397. The molecule has 114 valence electrons. The van der Waals surface area contributed by atoms with Crippen LogP contribution in [0.4, 0.5) is 4.79 Å². The second kappa shape index (κ2) is 6.56. The van der Waals surface area contributed by atoms with Crippen molar-refractivity contribution in [3.8, 4) is 0 Å². The summed E-state index contributed by atoms with van der Waals surface area (Å²) in [6.45, 7) is 3.39. The zero-order chi connectivity index (χ0) is 15.4. The Kier molecular flexibility index (Phi) is 5.32. The van der Waals surface area contributed by atoms with Gasteiger partial charge in [-0.3, -0.25) is 4.79 Å². The molecule has 3 atom stereocenters. The van der Waals surface area contributed by atoms with Gasteiger partial charge in [-0.15, -0.1) is 0 Å². The van der Waals surface area contributed by atoms with E-state index < -0.39 is 36.2 Å². The molecular formula is C12H20N2O6. The van der Waals surface area contributed by atoms with Crippen molar-refractivity contribution >= 4 is 18.0 Å². The number of aliphatic carboxylic acids is 1. The van der Waals surface area contributed by atoms with Gasteiger partial charge in [0, 0.05) is 13.0 Å². The number of nitrogens with one attached hydrogen (secondary N) is 1. The highest BCUT2D eigenvalue weighted by Crippen LogP contribution is 2.20. The monoisotopic (exact) mass is 288 g/mol. The fourth-order valence-electron chi connectivity index (χ4n) is 2.17. The maximum atomic E-state index is 12.4. The molecule has 8 nitrogen and oxygen atoms in total. The largest absolute Gasteiger partial charge is 0.480 e. The molecule has 1 rings (SSSR count). The second-order valence-electron chi connectivity index (χ2n) is 5.09. The topological polar surface area (TPSA) is 116 Å². The molecule has 2 amide bonds. The van der Waals surface area contributed by atoms with E-state index in [0.29, 0.717) is 0 Å². The van der Waals surface area contributed by atoms with Gasteiger partial charge in [-0.05, 0) is 5.92 Å². The Morgan fingerprint density at radius 2 is 1.95 bits per heavy atom. The summed E-state index contributed by atoms with van der Waals surface area (Å²) in [5.41, 5.74) is 0. The molecule has 1 aliphatic heterocycles. The number of likely N-dealkylation sites (tertiary alicyclic amines) is 1. The predicted octanol–water partition coefficient (Wildman–Crippen LogP) is -0.587. The smallest absolute Gasteiger partial charge is 0.407 e. The van der Waals surface area contributed by atoms with Crippen molar-refractivity contribution in [1.29, 1.82) is 0 Å². The highest BCUT2D eigenvalue weighted by atomic mass is 16.5. The molecule has 0 aromatic carbocycles. The summed E-state index contributed by atoms with van der Waals surface area (Å²) in [5, 5.41) is 21.0. The summed E-state index contributed by atoms with van der Waals surface area (Å²) in [6, 6.07) is -1.97. The molecule has 1 fully saturated rings. The number of hydrogen-bond donors (Lipinski definition) is 3. The van der Waals surface area contributed by atoms with Crippen molar-refractivity contribution in [3.05, 3.63) is 0 Å². The first kappa shape index (κ1) is 16.2. The number of β-amino-alcohol motifs (C(OH)–C–C–N with tert-alkyl or cyclic N) is 1. The summed E-state index contributed by atoms with van der Waals surface area (Å²) < 4.78 is 4.45. The van der Waals surface area contributed by atoms with E-state index in [-0.39, 0.29) is 18.9 Å².